The largest absolute Gasteiger partial charge is 0.373 e. The van der Waals surface area contributed by atoms with Crippen molar-refractivity contribution in [1.82, 2.24) is 5.32 Å². The number of ether oxygens (including phenoxy) is 1. The molecular weight excluding hydrogens is 336 g/mol. The molecule has 3 rings (SSSR count). The Hall–Kier alpha value is -1.88. The summed E-state index contributed by atoms with van der Waals surface area (Å²) in [5, 5.41) is 6.34. The Morgan fingerprint density at radius 2 is 1.92 bits per heavy atom. The molecule has 1 heterocycles. The lowest BCUT2D eigenvalue weighted by Crippen LogP contribution is -2.23. The minimum atomic E-state index is -0.157. The maximum Gasteiger partial charge on any atom is 0.227 e. The molecule has 25 heavy (non-hydrogen) atoms. The van der Waals surface area contributed by atoms with Gasteiger partial charge in [0, 0.05) is 12.2 Å². The first-order valence-electron chi connectivity index (χ1n) is 8.55. The first-order chi connectivity index (χ1) is 11.8. The van der Waals surface area contributed by atoms with Crippen molar-refractivity contribution in [2.75, 3.05) is 18.5 Å². The van der Waals surface area contributed by atoms with Gasteiger partial charge in [-0.25, -0.2) is 0 Å². The van der Waals surface area contributed by atoms with E-state index in [1.807, 2.05) is 36.4 Å². The summed E-state index contributed by atoms with van der Waals surface area (Å²) in [7, 11) is 0. The van der Waals surface area contributed by atoms with Crippen molar-refractivity contribution in [2.45, 2.75) is 32.4 Å². The van der Waals surface area contributed by atoms with E-state index in [1.165, 1.54) is 5.56 Å². The molecule has 5 heteroatoms. The summed E-state index contributed by atoms with van der Waals surface area (Å²) < 4.78 is 5.83. The molecule has 1 amide bonds. The monoisotopic (exact) mass is 360 g/mol. The number of halogens is 1. The molecule has 2 aromatic carbocycles. The van der Waals surface area contributed by atoms with E-state index in [0.717, 1.165) is 36.3 Å². The molecule has 4 nitrogen and oxygen atoms in total. The van der Waals surface area contributed by atoms with E-state index in [4.69, 9.17) is 4.74 Å². The van der Waals surface area contributed by atoms with Crippen LogP contribution in [0.25, 0.3) is 0 Å². The topological polar surface area (TPSA) is 50.4 Å². The van der Waals surface area contributed by atoms with Crippen LogP contribution in [0, 0.1) is 0 Å². The van der Waals surface area contributed by atoms with Crippen LogP contribution in [0.1, 0.15) is 36.1 Å². The molecule has 0 aliphatic carbocycles. The van der Waals surface area contributed by atoms with Crippen LogP contribution < -0.4 is 10.6 Å². The maximum absolute atomic E-state index is 12.5. The first-order valence-corrected chi connectivity index (χ1v) is 8.55. The molecule has 0 radical (unpaired) electrons. The molecule has 134 valence electrons. The van der Waals surface area contributed by atoms with Crippen molar-refractivity contribution in [1.29, 1.82) is 0 Å². The number of nitrogens with one attached hydrogen (secondary N) is 2. The van der Waals surface area contributed by atoms with Crippen LogP contribution in [0.3, 0.4) is 0 Å². The van der Waals surface area contributed by atoms with Gasteiger partial charge < -0.3 is 15.4 Å². The summed E-state index contributed by atoms with van der Waals surface area (Å²) in [6.45, 7) is 4.38. The molecule has 1 unspecified atom stereocenters. The minimum absolute atomic E-state index is 0. The quantitative estimate of drug-likeness (QED) is 0.822. The fourth-order valence-corrected chi connectivity index (χ4v) is 3.07. The van der Waals surface area contributed by atoms with Crippen LogP contribution >= 0.6 is 12.4 Å². The zero-order valence-electron chi connectivity index (χ0n) is 14.5. The van der Waals surface area contributed by atoms with Crippen molar-refractivity contribution >= 4 is 24.0 Å². The van der Waals surface area contributed by atoms with E-state index < -0.39 is 0 Å². The fraction of sp³-hybridized carbons (Fsp3) is 0.350. The molecule has 0 bridgehead atoms. The Labute approximate surface area is 155 Å². The highest BCUT2D eigenvalue weighted by molar-refractivity contribution is 5.92. The highest BCUT2D eigenvalue weighted by Gasteiger charge is 2.23. The Balaban J connectivity index is 0.00000225. The van der Waals surface area contributed by atoms with Crippen LogP contribution in [0.5, 0.6) is 0 Å². The second kappa shape index (κ2) is 9.56. The van der Waals surface area contributed by atoms with E-state index >= 15 is 0 Å². The van der Waals surface area contributed by atoms with E-state index in [9.17, 15) is 4.79 Å². The lowest BCUT2D eigenvalue weighted by molar-refractivity contribution is -0.119. The Bertz CT molecular complexity index is 706. The molecule has 2 N–H and O–H groups in total. The summed E-state index contributed by atoms with van der Waals surface area (Å²) in [5.74, 6) is -0.0133. The summed E-state index contributed by atoms with van der Waals surface area (Å²) in [6, 6.07) is 16.1. The van der Waals surface area contributed by atoms with Gasteiger partial charge in [-0.05, 0) is 35.7 Å². The normalized spacial score (nSPS) is 15.8. The molecule has 0 spiro atoms. The first kappa shape index (κ1) is 19.4. The van der Waals surface area contributed by atoms with Gasteiger partial charge in [-0.1, -0.05) is 49.4 Å². The Morgan fingerprint density at radius 1 is 1.16 bits per heavy atom. The molecule has 0 fully saturated rings. The standard InChI is InChI=1S/C20H24N2O2.ClH/c1-2-21-14-16-8-4-6-10-18(16)22-20(23)13-19-17-9-5-3-7-15(17)11-12-24-19;/h3-10,19,21H,2,11-14H2,1H3,(H,22,23);1H. The number of rotatable bonds is 6. The zero-order valence-corrected chi connectivity index (χ0v) is 15.3. The van der Waals surface area contributed by atoms with Crippen molar-refractivity contribution in [2.24, 2.45) is 0 Å². The highest BCUT2D eigenvalue weighted by Crippen LogP contribution is 2.30. The predicted molar refractivity (Wildman–Crippen MR) is 103 cm³/mol. The second-order valence-electron chi connectivity index (χ2n) is 6.00. The average molecular weight is 361 g/mol. The number of para-hydroxylation sites is 1. The molecule has 2 aromatic rings. The number of carbonyl (C=O) groups is 1. The Morgan fingerprint density at radius 3 is 2.76 bits per heavy atom. The van der Waals surface area contributed by atoms with E-state index in [1.54, 1.807) is 0 Å². The maximum atomic E-state index is 12.5. The van der Waals surface area contributed by atoms with Crippen molar-refractivity contribution in [3.8, 4) is 0 Å². The fourth-order valence-electron chi connectivity index (χ4n) is 3.07. The zero-order chi connectivity index (χ0) is 16.8. The van der Waals surface area contributed by atoms with Crippen LogP contribution in [0.15, 0.2) is 48.5 Å². The summed E-state index contributed by atoms with van der Waals surface area (Å²) in [6.07, 6.45) is 1.10. The lowest BCUT2D eigenvalue weighted by atomic mass is 9.95. The number of hydrogen-bond donors (Lipinski definition) is 2. The molecule has 1 atom stereocenters. The number of fused-ring (bicyclic) bond motifs is 1. The molecule has 0 saturated carbocycles. The summed E-state index contributed by atoms with van der Waals surface area (Å²) >= 11 is 0. The smallest absolute Gasteiger partial charge is 0.227 e. The van der Waals surface area contributed by atoms with Crippen LogP contribution in [-0.4, -0.2) is 19.1 Å². The number of hydrogen-bond acceptors (Lipinski definition) is 3. The van der Waals surface area contributed by atoms with E-state index in [0.29, 0.717) is 13.0 Å². The van der Waals surface area contributed by atoms with Crippen molar-refractivity contribution in [3.63, 3.8) is 0 Å². The van der Waals surface area contributed by atoms with Crippen LogP contribution in [0.2, 0.25) is 0 Å². The van der Waals surface area contributed by atoms with Gasteiger partial charge in [0.2, 0.25) is 5.91 Å². The summed E-state index contributed by atoms with van der Waals surface area (Å²) in [4.78, 5) is 12.5. The third kappa shape index (κ3) is 5.05. The third-order valence-corrected chi connectivity index (χ3v) is 4.32. The average Bonchev–Trinajstić information content (AvgIpc) is 2.61. The number of anilines is 1. The van der Waals surface area contributed by atoms with Gasteiger partial charge in [0.1, 0.15) is 0 Å². The van der Waals surface area contributed by atoms with E-state index in [-0.39, 0.29) is 24.4 Å². The molecule has 0 saturated heterocycles. The van der Waals surface area contributed by atoms with Crippen molar-refractivity contribution in [3.05, 3.63) is 65.2 Å². The van der Waals surface area contributed by atoms with Gasteiger partial charge in [-0.2, -0.15) is 0 Å². The number of carbonyl (C=O) groups excluding carboxylic acids is 1. The molecule has 0 aromatic heterocycles. The second-order valence-corrected chi connectivity index (χ2v) is 6.00. The SMILES string of the molecule is CCNCc1ccccc1NC(=O)CC1OCCc2ccccc21.Cl. The van der Waals surface area contributed by atoms with Crippen LogP contribution in [0.4, 0.5) is 5.69 Å². The molecule has 1 aliphatic rings. The lowest BCUT2D eigenvalue weighted by Gasteiger charge is -2.25. The molecule has 1 aliphatic heterocycles. The van der Waals surface area contributed by atoms with E-state index in [2.05, 4.69) is 29.7 Å². The van der Waals surface area contributed by atoms with Gasteiger partial charge in [-0.3, -0.25) is 4.79 Å². The van der Waals surface area contributed by atoms with Gasteiger partial charge in [0.15, 0.2) is 0 Å². The number of amides is 1. The predicted octanol–water partition coefficient (Wildman–Crippen LogP) is 3.86. The Kier molecular flexibility index (Phi) is 7.44. The van der Waals surface area contributed by atoms with Crippen molar-refractivity contribution < 1.29 is 9.53 Å². The van der Waals surface area contributed by atoms with Gasteiger partial charge in [0.25, 0.3) is 0 Å². The van der Waals surface area contributed by atoms with Crippen LogP contribution in [-0.2, 0) is 22.5 Å². The third-order valence-electron chi connectivity index (χ3n) is 4.32. The summed E-state index contributed by atoms with van der Waals surface area (Å²) in [5.41, 5.74) is 4.39. The number of benzene rings is 2. The molecular formula is C20H25ClN2O2. The minimum Gasteiger partial charge on any atom is -0.373 e. The van der Waals surface area contributed by atoms with Gasteiger partial charge in [-0.15, -0.1) is 12.4 Å². The van der Waals surface area contributed by atoms with Gasteiger partial charge in [0.05, 0.1) is 19.1 Å². The highest BCUT2D eigenvalue weighted by atomic mass is 35.5. The van der Waals surface area contributed by atoms with Gasteiger partial charge >= 0.3 is 0 Å².